The molecule has 0 N–H and O–H groups in total. The van der Waals surface area contributed by atoms with Gasteiger partial charge in [-0.05, 0) is 25.6 Å². The SMILES string of the molecule is CCN(CC)CC(C#N)c1ccc(C)cc1. The first kappa shape index (κ1) is 12.7. The van der Waals surface area contributed by atoms with Crippen LogP contribution in [-0.2, 0) is 0 Å². The van der Waals surface area contributed by atoms with Crippen molar-refractivity contribution in [2.24, 2.45) is 0 Å². The molecule has 0 fully saturated rings. The molecule has 0 aliphatic heterocycles. The Labute approximate surface area is 98.5 Å². The van der Waals surface area contributed by atoms with E-state index in [1.807, 2.05) is 0 Å². The van der Waals surface area contributed by atoms with Gasteiger partial charge in [-0.25, -0.2) is 0 Å². The molecule has 0 bridgehead atoms. The zero-order chi connectivity index (χ0) is 12.0. The number of benzene rings is 1. The molecule has 86 valence electrons. The third-order valence-corrected chi connectivity index (χ3v) is 2.97. The third kappa shape index (κ3) is 3.36. The number of aryl methyl sites for hydroxylation is 1. The average molecular weight is 216 g/mol. The smallest absolute Gasteiger partial charge is 0.0839 e. The zero-order valence-electron chi connectivity index (χ0n) is 10.4. The molecule has 2 nitrogen and oxygen atoms in total. The van der Waals surface area contributed by atoms with Crippen LogP contribution in [0.3, 0.4) is 0 Å². The lowest BCUT2D eigenvalue weighted by molar-refractivity contribution is 0.298. The molecule has 0 aliphatic carbocycles. The average Bonchev–Trinajstić information content (AvgIpc) is 2.32. The lowest BCUT2D eigenvalue weighted by Crippen LogP contribution is -2.27. The molecule has 1 rings (SSSR count). The van der Waals surface area contributed by atoms with Crippen LogP contribution in [0.25, 0.3) is 0 Å². The highest BCUT2D eigenvalue weighted by atomic mass is 15.1. The predicted octanol–water partition coefficient (Wildman–Crippen LogP) is 2.94. The molecule has 1 aromatic rings. The van der Waals surface area contributed by atoms with Crippen molar-refractivity contribution < 1.29 is 0 Å². The second-order valence-corrected chi connectivity index (χ2v) is 4.08. The van der Waals surface area contributed by atoms with E-state index in [9.17, 15) is 5.26 Å². The third-order valence-electron chi connectivity index (χ3n) is 2.97. The standard InChI is InChI=1S/C14H20N2/c1-4-16(5-2)11-14(10-15)13-8-6-12(3)7-9-13/h6-9,14H,4-5,11H2,1-3H3. The van der Waals surface area contributed by atoms with Crippen LogP contribution in [0.2, 0.25) is 0 Å². The van der Waals surface area contributed by atoms with Crippen LogP contribution in [0, 0.1) is 18.3 Å². The summed E-state index contributed by atoms with van der Waals surface area (Å²) in [7, 11) is 0. The highest BCUT2D eigenvalue weighted by Crippen LogP contribution is 2.17. The van der Waals surface area contributed by atoms with E-state index in [4.69, 9.17) is 0 Å². The van der Waals surface area contributed by atoms with E-state index in [1.54, 1.807) is 0 Å². The van der Waals surface area contributed by atoms with Crippen molar-refractivity contribution in [2.75, 3.05) is 19.6 Å². The first-order chi connectivity index (χ1) is 7.71. The molecule has 2 heteroatoms. The number of likely N-dealkylation sites (N-methyl/N-ethyl adjacent to an activating group) is 1. The molecule has 0 saturated heterocycles. The van der Waals surface area contributed by atoms with Gasteiger partial charge in [0.25, 0.3) is 0 Å². The number of nitriles is 1. The molecule has 0 aliphatic rings. The number of hydrogen-bond donors (Lipinski definition) is 0. The van der Waals surface area contributed by atoms with Gasteiger partial charge in [0.1, 0.15) is 0 Å². The van der Waals surface area contributed by atoms with Crippen LogP contribution in [-0.4, -0.2) is 24.5 Å². The highest BCUT2D eigenvalue weighted by molar-refractivity contribution is 5.28. The number of nitrogens with zero attached hydrogens (tertiary/aromatic N) is 2. The summed E-state index contributed by atoms with van der Waals surface area (Å²) in [5.41, 5.74) is 2.36. The minimum Gasteiger partial charge on any atom is -0.302 e. The number of rotatable bonds is 5. The van der Waals surface area contributed by atoms with Crippen molar-refractivity contribution >= 4 is 0 Å². The van der Waals surface area contributed by atoms with Gasteiger partial charge in [0.05, 0.1) is 12.0 Å². The Morgan fingerprint density at radius 3 is 2.19 bits per heavy atom. The maximum absolute atomic E-state index is 9.21. The first-order valence-electron chi connectivity index (χ1n) is 5.89. The van der Waals surface area contributed by atoms with Gasteiger partial charge in [-0.1, -0.05) is 43.7 Å². The van der Waals surface area contributed by atoms with Crippen LogP contribution in [0.1, 0.15) is 30.9 Å². The van der Waals surface area contributed by atoms with Gasteiger partial charge in [-0.2, -0.15) is 5.26 Å². The molecular formula is C14H20N2. The topological polar surface area (TPSA) is 27.0 Å². The molecule has 0 heterocycles. The highest BCUT2D eigenvalue weighted by Gasteiger charge is 2.13. The lowest BCUT2D eigenvalue weighted by atomic mass is 9.99. The van der Waals surface area contributed by atoms with E-state index in [-0.39, 0.29) is 5.92 Å². The molecule has 1 unspecified atom stereocenters. The van der Waals surface area contributed by atoms with E-state index in [2.05, 4.69) is 56.0 Å². The van der Waals surface area contributed by atoms with Gasteiger partial charge in [-0.15, -0.1) is 0 Å². The van der Waals surface area contributed by atoms with Crippen LogP contribution in [0.5, 0.6) is 0 Å². The molecule has 0 amide bonds. The Hall–Kier alpha value is -1.33. The summed E-state index contributed by atoms with van der Waals surface area (Å²) in [5, 5.41) is 9.21. The Balaban J connectivity index is 2.75. The Morgan fingerprint density at radius 2 is 1.75 bits per heavy atom. The van der Waals surface area contributed by atoms with Crippen molar-refractivity contribution in [2.45, 2.75) is 26.7 Å². The molecule has 0 aromatic heterocycles. The van der Waals surface area contributed by atoms with E-state index < -0.39 is 0 Å². The second kappa shape index (κ2) is 6.30. The van der Waals surface area contributed by atoms with Crippen LogP contribution in [0.15, 0.2) is 24.3 Å². The van der Waals surface area contributed by atoms with Crippen molar-refractivity contribution in [1.82, 2.24) is 4.90 Å². The fourth-order valence-corrected chi connectivity index (χ4v) is 1.76. The van der Waals surface area contributed by atoms with Crippen LogP contribution < -0.4 is 0 Å². The maximum Gasteiger partial charge on any atom is 0.0839 e. The minimum absolute atomic E-state index is 0.0134. The molecule has 16 heavy (non-hydrogen) atoms. The monoisotopic (exact) mass is 216 g/mol. The van der Waals surface area contributed by atoms with Crippen LogP contribution in [0.4, 0.5) is 0 Å². The van der Waals surface area contributed by atoms with Crippen molar-refractivity contribution in [3.05, 3.63) is 35.4 Å². The molecule has 1 aromatic carbocycles. The Morgan fingerprint density at radius 1 is 1.19 bits per heavy atom. The summed E-state index contributed by atoms with van der Waals surface area (Å²) in [4.78, 5) is 2.29. The van der Waals surface area contributed by atoms with Gasteiger partial charge in [0.2, 0.25) is 0 Å². The Kier molecular flexibility index (Phi) is 5.01. The van der Waals surface area contributed by atoms with Crippen molar-refractivity contribution in [1.29, 1.82) is 5.26 Å². The fourth-order valence-electron chi connectivity index (χ4n) is 1.76. The molecule has 0 radical (unpaired) electrons. The zero-order valence-corrected chi connectivity index (χ0v) is 10.4. The first-order valence-corrected chi connectivity index (χ1v) is 5.89. The number of hydrogen-bond acceptors (Lipinski definition) is 2. The van der Waals surface area contributed by atoms with Gasteiger partial charge in [0, 0.05) is 6.54 Å². The summed E-state index contributed by atoms with van der Waals surface area (Å²) >= 11 is 0. The van der Waals surface area contributed by atoms with E-state index in [0.29, 0.717) is 0 Å². The summed E-state index contributed by atoms with van der Waals surface area (Å²) < 4.78 is 0. The van der Waals surface area contributed by atoms with Gasteiger partial charge in [0.15, 0.2) is 0 Å². The Bertz CT molecular complexity index is 344. The quantitative estimate of drug-likeness (QED) is 0.756. The van der Waals surface area contributed by atoms with E-state index in [0.717, 1.165) is 25.2 Å². The van der Waals surface area contributed by atoms with Crippen LogP contribution >= 0.6 is 0 Å². The summed E-state index contributed by atoms with van der Waals surface area (Å²) in [6, 6.07) is 10.7. The summed E-state index contributed by atoms with van der Waals surface area (Å²) in [6.07, 6.45) is 0. The second-order valence-electron chi connectivity index (χ2n) is 4.08. The van der Waals surface area contributed by atoms with E-state index >= 15 is 0 Å². The molecule has 0 spiro atoms. The molecule has 1 atom stereocenters. The maximum atomic E-state index is 9.21. The minimum atomic E-state index is -0.0134. The fraction of sp³-hybridized carbons (Fsp3) is 0.500. The van der Waals surface area contributed by atoms with Gasteiger partial charge >= 0.3 is 0 Å². The van der Waals surface area contributed by atoms with Crippen molar-refractivity contribution in [3.63, 3.8) is 0 Å². The summed E-state index contributed by atoms with van der Waals surface area (Å²) in [6.45, 7) is 9.16. The predicted molar refractivity (Wildman–Crippen MR) is 67.3 cm³/mol. The van der Waals surface area contributed by atoms with E-state index in [1.165, 1.54) is 5.56 Å². The normalized spacial score (nSPS) is 12.4. The summed E-state index contributed by atoms with van der Waals surface area (Å²) in [5.74, 6) is -0.0134. The van der Waals surface area contributed by atoms with Crippen molar-refractivity contribution in [3.8, 4) is 6.07 Å². The largest absolute Gasteiger partial charge is 0.302 e. The van der Waals surface area contributed by atoms with Gasteiger partial charge < -0.3 is 4.90 Å². The lowest BCUT2D eigenvalue weighted by Gasteiger charge is -2.21. The molecule has 0 saturated carbocycles. The molecular weight excluding hydrogens is 196 g/mol. The van der Waals surface area contributed by atoms with Gasteiger partial charge in [-0.3, -0.25) is 0 Å².